The van der Waals surface area contributed by atoms with E-state index < -0.39 is 23.0 Å². The van der Waals surface area contributed by atoms with Crippen molar-refractivity contribution in [3.05, 3.63) is 166 Å². The smallest absolute Gasteiger partial charge is 0.294 e. The number of rotatable bonds is 9. The molecule has 5 aromatic rings. The van der Waals surface area contributed by atoms with Gasteiger partial charge in [0.1, 0.15) is 5.76 Å². The Morgan fingerprint density at radius 3 is 1.87 bits per heavy atom. The Bertz CT molecular complexity index is 1890. The molecule has 7 nitrogen and oxygen atoms in total. The first-order chi connectivity index (χ1) is 22.4. The summed E-state index contributed by atoms with van der Waals surface area (Å²) in [4.78, 5) is 43.4. The van der Waals surface area contributed by atoms with E-state index in [2.05, 4.69) is 41.3 Å². The molecular weight excluding hydrogens is 574 g/mol. The van der Waals surface area contributed by atoms with Gasteiger partial charge in [-0.05, 0) is 52.4 Å². The fourth-order valence-electron chi connectivity index (χ4n) is 5.79. The molecule has 1 fully saturated rings. The lowest BCUT2D eigenvalue weighted by molar-refractivity contribution is -0.142. The Kier molecular flexibility index (Phi) is 9.20. The number of piperazine rings is 1. The topological polar surface area (TPSA) is 82.8 Å². The molecule has 6 rings (SSSR count). The van der Waals surface area contributed by atoms with Gasteiger partial charge in [0.15, 0.2) is 0 Å². The Labute approximate surface area is 268 Å². The summed E-state index contributed by atoms with van der Waals surface area (Å²) in [6.07, 6.45) is 3.19. The first-order valence-electron chi connectivity index (χ1n) is 15.4. The zero-order chi connectivity index (χ0) is 31.9. The van der Waals surface area contributed by atoms with Crippen LogP contribution in [-0.2, 0) is 22.6 Å². The van der Waals surface area contributed by atoms with Gasteiger partial charge in [-0.3, -0.25) is 14.4 Å². The van der Waals surface area contributed by atoms with Crippen LogP contribution in [0, 0.1) is 0 Å². The predicted molar refractivity (Wildman–Crippen MR) is 182 cm³/mol. The highest BCUT2D eigenvalue weighted by Crippen LogP contribution is 2.24. The quantitative estimate of drug-likeness (QED) is 0.127. The minimum absolute atomic E-state index is 0.0192. The van der Waals surface area contributed by atoms with Gasteiger partial charge in [0.25, 0.3) is 11.5 Å². The largest absolute Gasteiger partial charge is 0.507 e. The Morgan fingerprint density at radius 2 is 1.24 bits per heavy atom. The minimum Gasteiger partial charge on any atom is -0.507 e. The van der Waals surface area contributed by atoms with Crippen LogP contribution in [0.15, 0.2) is 138 Å². The van der Waals surface area contributed by atoms with Crippen LogP contribution in [0.5, 0.6) is 0 Å². The fraction of sp³-hybridized carbons (Fsp3) is 0.154. The summed E-state index contributed by atoms with van der Waals surface area (Å²) < 4.78 is 1.53. The number of aromatic nitrogens is 1. The van der Waals surface area contributed by atoms with Crippen molar-refractivity contribution in [2.75, 3.05) is 31.1 Å². The molecule has 0 unspecified atom stereocenters. The molecule has 46 heavy (non-hydrogen) atoms. The maximum Gasteiger partial charge on any atom is 0.294 e. The number of carbonyl (C=O) groups excluding carboxylic acids is 2. The summed E-state index contributed by atoms with van der Waals surface area (Å²) in [7, 11) is 0. The van der Waals surface area contributed by atoms with Crippen LogP contribution in [0.1, 0.15) is 22.3 Å². The molecule has 0 atom stereocenters. The van der Waals surface area contributed by atoms with Crippen LogP contribution in [0.3, 0.4) is 0 Å². The van der Waals surface area contributed by atoms with Crippen LogP contribution in [-0.4, -0.2) is 52.4 Å². The summed E-state index contributed by atoms with van der Waals surface area (Å²) in [5.74, 6) is -2.08. The number of benzene rings is 4. The second-order valence-corrected chi connectivity index (χ2v) is 11.4. The predicted octanol–water partition coefficient (Wildman–Crippen LogP) is 5.97. The van der Waals surface area contributed by atoms with Gasteiger partial charge >= 0.3 is 0 Å². The van der Waals surface area contributed by atoms with Crippen molar-refractivity contribution < 1.29 is 14.7 Å². The zero-order valence-corrected chi connectivity index (χ0v) is 25.5. The second kappa shape index (κ2) is 13.9. The summed E-state index contributed by atoms with van der Waals surface area (Å²) in [6, 6.07) is 39.4. The summed E-state index contributed by atoms with van der Waals surface area (Å²) in [6.45, 7) is 2.19. The number of pyridine rings is 1. The van der Waals surface area contributed by atoms with Crippen molar-refractivity contribution in [1.29, 1.82) is 0 Å². The third kappa shape index (κ3) is 7.16. The number of aliphatic hydroxyl groups is 1. The van der Waals surface area contributed by atoms with Crippen LogP contribution in [0.4, 0.5) is 5.69 Å². The molecule has 0 aliphatic carbocycles. The lowest BCUT2D eigenvalue weighted by Crippen LogP contribution is -2.50. The number of nitrogens with zero attached hydrogens (tertiary/aromatic N) is 3. The van der Waals surface area contributed by atoms with Crippen LogP contribution in [0.2, 0.25) is 0 Å². The average molecular weight is 610 g/mol. The van der Waals surface area contributed by atoms with Crippen LogP contribution < -0.4 is 10.5 Å². The average Bonchev–Trinajstić information content (AvgIpc) is 3.10. The first kappa shape index (κ1) is 30.3. The van der Waals surface area contributed by atoms with Crippen molar-refractivity contribution in [3.63, 3.8) is 0 Å². The molecule has 0 radical (unpaired) electrons. The first-order valence-corrected chi connectivity index (χ1v) is 15.4. The molecule has 1 aliphatic heterocycles. The second-order valence-electron chi connectivity index (χ2n) is 11.4. The molecule has 7 heteroatoms. The highest BCUT2D eigenvalue weighted by atomic mass is 16.3. The molecule has 2 heterocycles. The summed E-state index contributed by atoms with van der Waals surface area (Å²) >= 11 is 0. The molecule has 0 spiro atoms. The number of anilines is 1. The van der Waals surface area contributed by atoms with E-state index in [9.17, 15) is 19.5 Å². The number of amides is 1. The van der Waals surface area contributed by atoms with Crippen molar-refractivity contribution in [2.24, 2.45) is 0 Å². The van der Waals surface area contributed by atoms with Gasteiger partial charge in [-0.25, -0.2) is 0 Å². The van der Waals surface area contributed by atoms with Crippen molar-refractivity contribution >= 4 is 23.1 Å². The van der Waals surface area contributed by atoms with Gasteiger partial charge in [-0.2, -0.15) is 0 Å². The van der Waals surface area contributed by atoms with Gasteiger partial charge in [-0.1, -0.05) is 103 Å². The molecule has 4 aromatic carbocycles. The molecule has 0 bridgehead atoms. The van der Waals surface area contributed by atoms with Gasteiger partial charge in [0, 0.05) is 44.1 Å². The van der Waals surface area contributed by atoms with Crippen molar-refractivity contribution in [3.8, 4) is 11.1 Å². The summed E-state index contributed by atoms with van der Waals surface area (Å²) in [5.41, 5.74) is 5.63. The molecule has 1 N–H and O–H groups in total. The van der Waals surface area contributed by atoms with Crippen LogP contribution in [0.25, 0.3) is 16.9 Å². The van der Waals surface area contributed by atoms with E-state index in [0.29, 0.717) is 39.1 Å². The zero-order valence-electron chi connectivity index (χ0n) is 25.5. The molecular formula is C39H35N3O4. The SMILES string of the molecule is O=C(/C=C(/O)c1cc(Cc2ccccc2)cn(Cc2ccccc2)c1=O)C(=O)N1CCN(c2ccc(-c3ccccc3)cc2)CC1. The molecule has 1 aliphatic rings. The van der Waals surface area contributed by atoms with E-state index in [1.165, 1.54) is 9.47 Å². The highest BCUT2D eigenvalue weighted by Gasteiger charge is 2.26. The normalized spacial score (nSPS) is 13.4. The number of ketones is 1. The molecule has 1 saturated heterocycles. The Hall–Kier alpha value is -5.69. The number of hydrogen-bond acceptors (Lipinski definition) is 5. The van der Waals surface area contributed by atoms with Crippen LogP contribution >= 0.6 is 0 Å². The monoisotopic (exact) mass is 609 g/mol. The number of aliphatic hydroxyl groups excluding tert-OH is 1. The lowest BCUT2D eigenvalue weighted by atomic mass is 10.0. The maximum atomic E-state index is 13.5. The fourth-order valence-corrected chi connectivity index (χ4v) is 5.79. The Balaban J connectivity index is 1.15. The van der Waals surface area contributed by atoms with Gasteiger partial charge in [-0.15, -0.1) is 0 Å². The third-order valence-corrected chi connectivity index (χ3v) is 8.25. The highest BCUT2D eigenvalue weighted by molar-refractivity contribution is 6.41. The van der Waals surface area contributed by atoms with E-state index in [1.807, 2.05) is 78.9 Å². The molecule has 0 saturated carbocycles. The van der Waals surface area contributed by atoms with E-state index >= 15 is 0 Å². The van der Waals surface area contributed by atoms with E-state index in [-0.39, 0.29) is 5.56 Å². The Morgan fingerprint density at radius 1 is 0.674 bits per heavy atom. The van der Waals surface area contributed by atoms with Gasteiger partial charge in [0.2, 0.25) is 5.78 Å². The van der Waals surface area contributed by atoms with Crippen molar-refractivity contribution in [1.82, 2.24) is 9.47 Å². The molecule has 1 amide bonds. The molecule has 230 valence electrons. The lowest BCUT2D eigenvalue weighted by Gasteiger charge is -2.35. The minimum atomic E-state index is -0.861. The maximum absolute atomic E-state index is 13.5. The van der Waals surface area contributed by atoms with Gasteiger partial charge < -0.3 is 19.5 Å². The number of carbonyl (C=O) groups is 2. The van der Waals surface area contributed by atoms with E-state index in [1.54, 1.807) is 12.3 Å². The summed E-state index contributed by atoms with van der Waals surface area (Å²) in [5, 5.41) is 11.0. The van der Waals surface area contributed by atoms with E-state index in [4.69, 9.17) is 0 Å². The van der Waals surface area contributed by atoms with Gasteiger partial charge in [0.05, 0.1) is 12.1 Å². The standard InChI is InChI=1S/C39H35N3O4/c43-36(35-25-31(24-29-10-4-1-5-11-29)28-42(38(35)45)27-30-12-6-2-7-13-30)26-37(44)39(46)41-22-20-40(21-23-41)34-18-16-33(17-19-34)32-14-8-3-9-15-32/h1-19,25-26,28,43H,20-24,27H2/b36-26+. The van der Waals surface area contributed by atoms with E-state index in [0.717, 1.165) is 39.6 Å². The number of hydrogen-bond donors (Lipinski definition) is 1. The molecule has 1 aromatic heterocycles. The van der Waals surface area contributed by atoms with Crippen molar-refractivity contribution in [2.45, 2.75) is 13.0 Å². The third-order valence-electron chi connectivity index (χ3n) is 8.25.